The fourth-order valence-electron chi connectivity index (χ4n) is 6.65. The summed E-state index contributed by atoms with van der Waals surface area (Å²) in [6.45, 7) is 15.8. The Labute approximate surface area is 219 Å². The number of hydrogen-bond acceptors (Lipinski definition) is 6. The summed E-state index contributed by atoms with van der Waals surface area (Å²) in [6.07, 6.45) is 1.32. The predicted octanol–water partition coefficient (Wildman–Crippen LogP) is 5.41. The van der Waals surface area contributed by atoms with Crippen molar-refractivity contribution in [1.29, 1.82) is 0 Å². The minimum absolute atomic E-state index is 0.00835. The highest BCUT2D eigenvalue weighted by Crippen LogP contribution is 2.52. The molecule has 37 heavy (non-hydrogen) atoms. The summed E-state index contributed by atoms with van der Waals surface area (Å²) in [6, 6.07) is 2.19. The Hall–Kier alpha value is -2.73. The van der Waals surface area contributed by atoms with E-state index in [2.05, 4.69) is 33.8 Å². The van der Waals surface area contributed by atoms with Crippen LogP contribution in [0.4, 0.5) is 0 Å². The summed E-state index contributed by atoms with van der Waals surface area (Å²) >= 11 is 0. The molecule has 0 spiro atoms. The van der Waals surface area contributed by atoms with E-state index in [1.54, 1.807) is 0 Å². The SMILES string of the molecule is CCc1cc(C(C)(C)C)c(C)c2c1C[C@@H]1C[C@@H]3CC(=O)C(C(=O)CC(C)(C)C)=C(O)[C@]3(O)C(=O)C1=C2O. The molecule has 3 atom stereocenters. The molecular formula is C31H40O6. The second kappa shape index (κ2) is 8.65. The Kier molecular flexibility index (Phi) is 6.39. The van der Waals surface area contributed by atoms with Crippen LogP contribution in [0.15, 0.2) is 23.0 Å². The van der Waals surface area contributed by atoms with Crippen LogP contribution in [-0.2, 0) is 32.6 Å². The molecule has 1 saturated carbocycles. The van der Waals surface area contributed by atoms with Gasteiger partial charge in [0.25, 0.3) is 0 Å². The second-order valence-corrected chi connectivity index (χ2v) is 13.4. The molecule has 1 aromatic carbocycles. The fourth-order valence-corrected chi connectivity index (χ4v) is 6.65. The Morgan fingerprint density at radius 3 is 2.24 bits per heavy atom. The molecule has 6 heteroatoms. The molecule has 4 rings (SSSR count). The van der Waals surface area contributed by atoms with Gasteiger partial charge in [0.1, 0.15) is 17.1 Å². The molecule has 3 aliphatic rings. The lowest BCUT2D eigenvalue weighted by Gasteiger charge is -2.46. The van der Waals surface area contributed by atoms with Crippen molar-refractivity contribution in [1.82, 2.24) is 0 Å². The number of benzene rings is 1. The van der Waals surface area contributed by atoms with Crippen molar-refractivity contribution in [2.24, 2.45) is 17.3 Å². The van der Waals surface area contributed by atoms with E-state index in [9.17, 15) is 29.7 Å². The van der Waals surface area contributed by atoms with Crippen molar-refractivity contribution in [3.8, 4) is 0 Å². The Morgan fingerprint density at radius 2 is 1.70 bits per heavy atom. The summed E-state index contributed by atoms with van der Waals surface area (Å²) in [4.78, 5) is 40.0. The van der Waals surface area contributed by atoms with E-state index in [1.165, 1.54) is 0 Å². The summed E-state index contributed by atoms with van der Waals surface area (Å²) in [5, 5.41) is 34.5. The van der Waals surface area contributed by atoms with E-state index in [1.807, 2.05) is 27.7 Å². The average molecular weight is 509 g/mol. The number of fused-ring (bicyclic) bond motifs is 3. The summed E-state index contributed by atoms with van der Waals surface area (Å²) in [7, 11) is 0. The third-order valence-electron chi connectivity index (χ3n) is 8.36. The number of rotatable bonds is 3. The van der Waals surface area contributed by atoms with Gasteiger partial charge in [-0.25, -0.2) is 0 Å². The zero-order valence-electron chi connectivity index (χ0n) is 23.3. The number of aryl methyl sites for hydroxylation is 1. The van der Waals surface area contributed by atoms with Gasteiger partial charge >= 0.3 is 0 Å². The molecular weight excluding hydrogens is 468 g/mol. The van der Waals surface area contributed by atoms with E-state index in [4.69, 9.17) is 0 Å². The van der Waals surface area contributed by atoms with Crippen LogP contribution in [0.25, 0.3) is 5.76 Å². The van der Waals surface area contributed by atoms with Crippen LogP contribution in [-0.4, -0.2) is 38.3 Å². The first-order chi connectivity index (χ1) is 16.9. The number of carbonyl (C=O) groups excluding carboxylic acids is 3. The van der Waals surface area contributed by atoms with Crippen molar-refractivity contribution >= 4 is 23.1 Å². The molecule has 200 valence electrons. The number of Topliss-reactive ketones (excluding diaryl/α,β-unsaturated/α-hetero) is 3. The van der Waals surface area contributed by atoms with Gasteiger partial charge < -0.3 is 15.3 Å². The minimum Gasteiger partial charge on any atom is -0.508 e. The fraction of sp³-hybridized carbons (Fsp3) is 0.581. The average Bonchev–Trinajstić information content (AvgIpc) is 2.74. The largest absolute Gasteiger partial charge is 0.508 e. The summed E-state index contributed by atoms with van der Waals surface area (Å²) in [5.74, 6) is -4.18. The van der Waals surface area contributed by atoms with Gasteiger partial charge in [-0.1, -0.05) is 54.5 Å². The van der Waals surface area contributed by atoms with Crippen LogP contribution in [0.3, 0.4) is 0 Å². The highest BCUT2D eigenvalue weighted by molar-refractivity contribution is 6.23. The van der Waals surface area contributed by atoms with Crippen molar-refractivity contribution in [2.75, 3.05) is 0 Å². The van der Waals surface area contributed by atoms with E-state index >= 15 is 0 Å². The van der Waals surface area contributed by atoms with Gasteiger partial charge in [-0.05, 0) is 65.2 Å². The molecule has 3 N–H and O–H groups in total. The second-order valence-electron chi connectivity index (χ2n) is 13.4. The smallest absolute Gasteiger partial charge is 0.202 e. The predicted molar refractivity (Wildman–Crippen MR) is 142 cm³/mol. The molecule has 0 saturated heterocycles. The van der Waals surface area contributed by atoms with Crippen LogP contribution in [0.5, 0.6) is 0 Å². The molecule has 1 fully saturated rings. The maximum absolute atomic E-state index is 14.0. The van der Waals surface area contributed by atoms with E-state index in [-0.39, 0.29) is 41.9 Å². The number of aliphatic hydroxyl groups excluding tert-OH is 2. The quantitative estimate of drug-likeness (QED) is 0.471. The van der Waals surface area contributed by atoms with E-state index in [0.29, 0.717) is 12.0 Å². The Bertz CT molecular complexity index is 1280. The number of ketones is 3. The first-order valence-electron chi connectivity index (χ1n) is 13.3. The Morgan fingerprint density at radius 1 is 1.08 bits per heavy atom. The molecule has 0 bridgehead atoms. The van der Waals surface area contributed by atoms with Crippen LogP contribution in [0.1, 0.15) is 95.5 Å². The van der Waals surface area contributed by atoms with Crippen LogP contribution in [0.2, 0.25) is 0 Å². The normalized spacial score (nSPS) is 26.2. The highest BCUT2D eigenvalue weighted by Gasteiger charge is 2.60. The van der Waals surface area contributed by atoms with Crippen molar-refractivity contribution in [3.63, 3.8) is 0 Å². The number of aliphatic hydroxyl groups is 3. The van der Waals surface area contributed by atoms with E-state index < -0.39 is 45.6 Å². The van der Waals surface area contributed by atoms with Gasteiger partial charge in [0, 0.05) is 29.9 Å². The van der Waals surface area contributed by atoms with Gasteiger partial charge in [0.15, 0.2) is 17.2 Å². The maximum atomic E-state index is 14.0. The molecule has 1 aromatic rings. The lowest BCUT2D eigenvalue weighted by Crippen LogP contribution is -2.58. The van der Waals surface area contributed by atoms with Crippen molar-refractivity contribution < 1.29 is 29.7 Å². The lowest BCUT2D eigenvalue weighted by molar-refractivity contribution is -0.147. The van der Waals surface area contributed by atoms with Gasteiger partial charge in [0.05, 0.1) is 0 Å². The minimum atomic E-state index is -2.41. The van der Waals surface area contributed by atoms with Gasteiger partial charge in [-0.2, -0.15) is 0 Å². The molecule has 6 nitrogen and oxygen atoms in total. The Balaban J connectivity index is 1.92. The first-order valence-corrected chi connectivity index (χ1v) is 13.3. The molecule has 0 aliphatic heterocycles. The third kappa shape index (κ3) is 4.18. The highest BCUT2D eigenvalue weighted by atomic mass is 16.3. The maximum Gasteiger partial charge on any atom is 0.202 e. The lowest BCUT2D eigenvalue weighted by atomic mass is 9.58. The molecule has 3 aliphatic carbocycles. The van der Waals surface area contributed by atoms with Crippen LogP contribution < -0.4 is 0 Å². The standard InChI is InChI=1S/C31H40O6/c1-9-16-12-20(30(6,7)8)15(2)23-19(16)11-17-10-18-13-21(32)25(22(33)14-29(3,4)5)28(36)31(18,37)27(35)24(17)26(23)34/h12,17-18,34,36-37H,9-11,13-14H2,1-8H3/t17-,18+,31+/m0/s1. The van der Waals surface area contributed by atoms with Gasteiger partial charge in [0.2, 0.25) is 5.78 Å². The number of allylic oxidation sites excluding steroid dienone is 1. The van der Waals surface area contributed by atoms with Gasteiger partial charge in [-0.15, -0.1) is 0 Å². The van der Waals surface area contributed by atoms with Gasteiger partial charge in [-0.3, -0.25) is 14.4 Å². The van der Waals surface area contributed by atoms with Crippen molar-refractivity contribution in [3.05, 3.63) is 50.8 Å². The molecule has 0 amide bonds. The monoisotopic (exact) mass is 508 g/mol. The van der Waals surface area contributed by atoms with E-state index in [0.717, 1.165) is 28.7 Å². The van der Waals surface area contributed by atoms with Crippen LogP contribution in [0, 0.1) is 24.2 Å². The summed E-state index contributed by atoms with van der Waals surface area (Å²) in [5.41, 5.74) is 1.29. The zero-order chi connectivity index (χ0) is 27.8. The molecule has 0 heterocycles. The molecule has 0 aromatic heterocycles. The first kappa shape index (κ1) is 27.3. The number of hydrogen-bond donors (Lipinski definition) is 3. The topological polar surface area (TPSA) is 112 Å². The third-order valence-corrected chi connectivity index (χ3v) is 8.36. The number of carbonyl (C=O) groups is 3. The zero-order valence-corrected chi connectivity index (χ0v) is 23.3. The van der Waals surface area contributed by atoms with Crippen molar-refractivity contribution in [2.45, 2.75) is 98.5 Å². The van der Waals surface area contributed by atoms with Crippen LogP contribution >= 0.6 is 0 Å². The summed E-state index contributed by atoms with van der Waals surface area (Å²) < 4.78 is 0. The molecule has 0 radical (unpaired) electrons. The molecule has 0 unspecified atom stereocenters.